The first-order chi connectivity index (χ1) is 19.8. The molecule has 3 rings (SSSR count). The number of nitrogens with one attached hydrogen (secondary N) is 1. The number of carbonyl (C=O) groups is 2. The number of hydrogen-bond acceptors (Lipinski definition) is 4. The summed E-state index contributed by atoms with van der Waals surface area (Å²) in [7, 11) is -3.82. The molecule has 0 aliphatic heterocycles. The van der Waals surface area contributed by atoms with Gasteiger partial charge in [0.1, 0.15) is 12.6 Å². The number of amides is 2. The summed E-state index contributed by atoms with van der Waals surface area (Å²) >= 11 is 3.50. The first kappa shape index (κ1) is 33.3. The smallest absolute Gasteiger partial charge is 0.244 e. The number of sulfonamides is 1. The van der Waals surface area contributed by atoms with Crippen LogP contribution in [0.2, 0.25) is 0 Å². The molecule has 0 bridgehead atoms. The molecule has 0 aliphatic rings. The number of unbranched alkanes of at least 4 members (excludes halogenated alkanes) is 1. The van der Waals surface area contributed by atoms with E-state index in [0.29, 0.717) is 12.2 Å². The summed E-state index contributed by atoms with van der Waals surface area (Å²) in [5.41, 5.74) is 3.05. The molecule has 226 valence electrons. The average molecular weight is 657 g/mol. The molecule has 0 spiro atoms. The summed E-state index contributed by atoms with van der Waals surface area (Å²) < 4.78 is 28.0. The summed E-state index contributed by atoms with van der Waals surface area (Å²) in [6, 6.07) is 23.5. The molecule has 0 aromatic heterocycles. The Morgan fingerprint density at radius 1 is 0.929 bits per heavy atom. The van der Waals surface area contributed by atoms with E-state index in [9.17, 15) is 18.0 Å². The van der Waals surface area contributed by atoms with Crippen LogP contribution in [0.1, 0.15) is 57.2 Å². The van der Waals surface area contributed by atoms with E-state index in [4.69, 9.17) is 0 Å². The van der Waals surface area contributed by atoms with E-state index in [0.717, 1.165) is 44.6 Å². The minimum Gasteiger partial charge on any atom is -0.354 e. The minimum absolute atomic E-state index is 0.110. The van der Waals surface area contributed by atoms with Gasteiger partial charge in [-0.1, -0.05) is 105 Å². The third kappa shape index (κ3) is 9.70. The van der Waals surface area contributed by atoms with Crippen molar-refractivity contribution >= 4 is 43.5 Å². The van der Waals surface area contributed by atoms with Gasteiger partial charge in [-0.3, -0.25) is 13.9 Å². The van der Waals surface area contributed by atoms with Gasteiger partial charge in [-0.2, -0.15) is 0 Å². The predicted molar refractivity (Wildman–Crippen MR) is 174 cm³/mol. The largest absolute Gasteiger partial charge is 0.354 e. The van der Waals surface area contributed by atoms with Gasteiger partial charge >= 0.3 is 0 Å². The van der Waals surface area contributed by atoms with Crippen molar-refractivity contribution in [1.82, 2.24) is 10.2 Å². The first-order valence-corrected chi connectivity index (χ1v) is 16.9. The molecular weight excluding hydrogens is 614 g/mol. The van der Waals surface area contributed by atoms with Crippen molar-refractivity contribution in [3.8, 4) is 0 Å². The summed E-state index contributed by atoms with van der Waals surface area (Å²) in [6.45, 7) is 8.49. The maximum Gasteiger partial charge on any atom is 0.244 e. The lowest BCUT2D eigenvalue weighted by atomic mass is 9.87. The predicted octanol–water partition coefficient (Wildman–Crippen LogP) is 6.07. The van der Waals surface area contributed by atoms with Crippen molar-refractivity contribution in [3.05, 3.63) is 100 Å². The highest BCUT2D eigenvalue weighted by Crippen LogP contribution is 2.26. The molecule has 9 heteroatoms. The molecule has 2 amide bonds. The van der Waals surface area contributed by atoms with Crippen LogP contribution in [0.5, 0.6) is 0 Å². The van der Waals surface area contributed by atoms with Crippen LogP contribution in [0.4, 0.5) is 5.69 Å². The fourth-order valence-electron chi connectivity index (χ4n) is 4.63. The zero-order valence-electron chi connectivity index (χ0n) is 25.1. The number of rotatable bonds is 13. The Balaban J connectivity index is 2.03. The number of hydrogen-bond donors (Lipinski definition) is 1. The normalized spacial score (nSPS) is 12.4. The van der Waals surface area contributed by atoms with Crippen molar-refractivity contribution in [2.24, 2.45) is 0 Å². The van der Waals surface area contributed by atoms with E-state index in [1.54, 1.807) is 12.1 Å². The Morgan fingerprint density at radius 3 is 2.14 bits per heavy atom. The molecule has 0 saturated heterocycles. The van der Waals surface area contributed by atoms with Gasteiger partial charge in [0.05, 0.1) is 11.9 Å². The molecule has 1 atom stereocenters. The van der Waals surface area contributed by atoms with Crippen LogP contribution in [0, 0.1) is 0 Å². The van der Waals surface area contributed by atoms with E-state index >= 15 is 0 Å². The molecule has 0 aliphatic carbocycles. The zero-order valence-corrected chi connectivity index (χ0v) is 27.5. The number of halogens is 1. The second kappa shape index (κ2) is 14.8. The van der Waals surface area contributed by atoms with E-state index in [1.165, 1.54) is 4.90 Å². The molecule has 7 nitrogen and oxygen atoms in total. The molecule has 3 aromatic carbocycles. The van der Waals surface area contributed by atoms with Gasteiger partial charge in [0.25, 0.3) is 0 Å². The van der Waals surface area contributed by atoms with Gasteiger partial charge < -0.3 is 10.2 Å². The third-order valence-corrected chi connectivity index (χ3v) is 8.68. The molecular formula is C33H42BrN3O4S. The number of benzene rings is 3. The Hall–Kier alpha value is -3.17. The highest BCUT2D eigenvalue weighted by Gasteiger charge is 2.33. The van der Waals surface area contributed by atoms with Crippen LogP contribution >= 0.6 is 15.9 Å². The highest BCUT2D eigenvalue weighted by molar-refractivity contribution is 9.10. The second-order valence-corrected chi connectivity index (χ2v) is 14.4. The molecule has 0 radical (unpaired) electrons. The van der Waals surface area contributed by atoms with Gasteiger partial charge in [-0.05, 0) is 52.8 Å². The number of carbonyl (C=O) groups excluding carboxylic acids is 2. The fraction of sp³-hybridized carbons (Fsp3) is 0.394. The maximum atomic E-state index is 14.2. The van der Waals surface area contributed by atoms with Gasteiger partial charge in [-0.15, -0.1) is 0 Å². The maximum absolute atomic E-state index is 14.2. The summed E-state index contributed by atoms with van der Waals surface area (Å²) in [6.07, 6.45) is 3.12. The number of nitrogens with zero attached hydrogens (tertiary/aromatic N) is 2. The van der Waals surface area contributed by atoms with Crippen molar-refractivity contribution in [1.29, 1.82) is 0 Å². The lowest BCUT2D eigenvalue weighted by Crippen LogP contribution is -2.53. The minimum atomic E-state index is -3.82. The zero-order chi connectivity index (χ0) is 30.9. The second-order valence-electron chi connectivity index (χ2n) is 11.6. The van der Waals surface area contributed by atoms with Crippen LogP contribution < -0.4 is 9.62 Å². The fourth-order valence-corrected chi connectivity index (χ4v) is 5.93. The van der Waals surface area contributed by atoms with Gasteiger partial charge in [-0.25, -0.2) is 8.42 Å². The van der Waals surface area contributed by atoms with Crippen molar-refractivity contribution in [3.63, 3.8) is 0 Å². The van der Waals surface area contributed by atoms with Crippen molar-refractivity contribution < 1.29 is 18.0 Å². The highest BCUT2D eigenvalue weighted by atomic mass is 79.9. The summed E-state index contributed by atoms with van der Waals surface area (Å²) in [5, 5.41) is 3.00. The van der Waals surface area contributed by atoms with Crippen LogP contribution in [-0.4, -0.2) is 50.5 Å². The molecule has 0 saturated carbocycles. The Morgan fingerprint density at radius 2 is 1.57 bits per heavy atom. The standard InChI is InChI=1S/C33H42BrN3O4S/c1-6-7-20-35-32(39)30(22-25-12-9-8-10-13-25)36(23-26-14-11-15-28(34)21-26)31(38)24-37(42(5,40)41)29-18-16-27(17-19-29)33(2,3)4/h8-19,21,30H,6-7,20,22-24H2,1-5H3,(H,35,39). The molecule has 3 aromatic rings. The summed E-state index contributed by atoms with van der Waals surface area (Å²) in [5.74, 6) is -0.733. The van der Waals surface area contributed by atoms with Crippen LogP contribution in [0.25, 0.3) is 0 Å². The SMILES string of the molecule is CCCCNC(=O)C(Cc1ccccc1)N(Cc1cccc(Br)c1)C(=O)CN(c1ccc(C(C)(C)C)cc1)S(C)(=O)=O. The molecule has 42 heavy (non-hydrogen) atoms. The van der Waals surface area contributed by atoms with Crippen molar-refractivity contribution in [2.45, 2.75) is 65.0 Å². The Labute approximate surface area is 259 Å². The van der Waals surface area contributed by atoms with Gasteiger partial charge in [0, 0.05) is 24.0 Å². The topological polar surface area (TPSA) is 86.8 Å². The van der Waals surface area contributed by atoms with Gasteiger partial charge in [0.15, 0.2) is 0 Å². The van der Waals surface area contributed by atoms with Crippen molar-refractivity contribution in [2.75, 3.05) is 23.7 Å². The molecule has 0 heterocycles. The number of anilines is 1. The molecule has 0 fully saturated rings. The quantitative estimate of drug-likeness (QED) is 0.227. The first-order valence-electron chi connectivity index (χ1n) is 14.2. The average Bonchev–Trinajstić information content (AvgIpc) is 2.93. The van der Waals surface area contributed by atoms with E-state index < -0.39 is 28.5 Å². The van der Waals surface area contributed by atoms with Gasteiger partial charge in [0.2, 0.25) is 21.8 Å². The molecule has 1 N–H and O–H groups in total. The third-order valence-electron chi connectivity index (χ3n) is 7.04. The van der Waals surface area contributed by atoms with E-state index in [1.807, 2.05) is 73.7 Å². The van der Waals surface area contributed by atoms with E-state index in [2.05, 4.69) is 42.0 Å². The van der Waals surface area contributed by atoms with Crippen LogP contribution in [-0.2, 0) is 38.0 Å². The van der Waals surface area contributed by atoms with E-state index in [-0.39, 0.29) is 24.3 Å². The monoisotopic (exact) mass is 655 g/mol. The Kier molecular flexibility index (Phi) is 11.8. The molecule has 1 unspecified atom stereocenters. The lowest BCUT2D eigenvalue weighted by Gasteiger charge is -2.33. The summed E-state index contributed by atoms with van der Waals surface area (Å²) in [4.78, 5) is 29.4. The lowest BCUT2D eigenvalue weighted by molar-refractivity contribution is -0.140. The van der Waals surface area contributed by atoms with Crippen LogP contribution in [0.15, 0.2) is 83.3 Å². The Bertz CT molecular complexity index is 1440. The van der Waals surface area contributed by atoms with Crippen LogP contribution in [0.3, 0.4) is 0 Å².